The zero-order chi connectivity index (χ0) is 20.8. The van der Waals surface area contributed by atoms with Gasteiger partial charge in [-0.2, -0.15) is 15.6 Å². The van der Waals surface area contributed by atoms with Crippen molar-refractivity contribution in [1.29, 1.82) is 10.5 Å². The van der Waals surface area contributed by atoms with Crippen molar-refractivity contribution >= 4 is 12.1 Å². The summed E-state index contributed by atoms with van der Waals surface area (Å²) in [6.07, 6.45) is 10.7. The number of hydrazone groups is 1. The molecule has 3 aliphatic carbocycles. The number of rotatable bonds is 5. The van der Waals surface area contributed by atoms with Crippen LogP contribution in [0.25, 0.3) is 0 Å². The Labute approximate surface area is 172 Å². The fourth-order valence-electron chi connectivity index (χ4n) is 4.88. The molecule has 0 N–H and O–H groups in total. The summed E-state index contributed by atoms with van der Waals surface area (Å²) in [6, 6.07) is 5.56. The summed E-state index contributed by atoms with van der Waals surface area (Å²) in [5.74, 6) is 0.414. The highest BCUT2D eigenvalue weighted by Gasteiger charge is 2.73. The molecular formula is C21H17N7O2. The van der Waals surface area contributed by atoms with Crippen molar-refractivity contribution in [3.05, 3.63) is 47.7 Å². The summed E-state index contributed by atoms with van der Waals surface area (Å²) in [7, 11) is 0. The largest absolute Gasteiger partial charge is 0.476 e. The van der Waals surface area contributed by atoms with Gasteiger partial charge in [0.05, 0.1) is 36.0 Å². The molecule has 30 heavy (non-hydrogen) atoms. The van der Waals surface area contributed by atoms with Gasteiger partial charge in [0.15, 0.2) is 5.69 Å². The van der Waals surface area contributed by atoms with Crippen LogP contribution >= 0.6 is 0 Å². The molecule has 3 heterocycles. The number of aromatic nitrogens is 3. The van der Waals surface area contributed by atoms with Crippen LogP contribution in [-0.2, 0) is 4.79 Å². The summed E-state index contributed by atoms with van der Waals surface area (Å²) in [5.41, 5.74) is 1.16. The number of pyridine rings is 1. The number of ether oxygens (including phenoxy) is 1. The van der Waals surface area contributed by atoms with Gasteiger partial charge in [0.1, 0.15) is 12.1 Å². The van der Waals surface area contributed by atoms with Crippen LogP contribution < -0.4 is 4.74 Å². The molecule has 2 aromatic rings. The number of nitrogens with zero attached hydrogens (tertiary/aromatic N) is 7. The van der Waals surface area contributed by atoms with E-state index in [1.54, 1.807) is 23.5 Å². The lowest BCUT2D eigenvalue weighted by molar-refractivity contribution is -0.227. The first-order valence-electron chi connectivity index (χ1n) is 9.63. The second-order valence-corrected chi connectivity index (χ2v) is 8.27. The molecule has 1 amide bonds. The molecule has 2 aromatic heterocycles. The summed E-state index contributed by atoms with van der Waals surface area (Å²) < 4.78 is 5.74. The van der Waals surface area contributed by atoms with E-state index in [9.17, 15) is 4.79 Å². The third-order valence-electron chi connectivity index (χ3n) is 6.17. The fraction of sp³-hybridized carbons (Fsp3) is 0.381. The number of hydrogen-bond acceptors (Lipinski definition) is 8. The van der Waals surface area contributed by atoms with E-state index in [2.05, 4.69) is 26.1 Å². The quantitative estimate of drug-likeness (QED) is 0.753. The molecule has 0 aromatic carbocycles. The number of amides is 1. The van der Waals surface area contributed by atoms with Crippen molar-refractivity contribution in [1.82, 2.24) is 20.0 Å². The van der Waals surface area contributed by atoms with Crippen molar-refractivity contribution in [2.45, 2.75) is 31.7 Å². The van der Waals surface area contributed by atoms with Gasteiger partial charge in [-0.25, -0.2) is 15.0 Å². The van der Waals surface area contributed by atoms with Gasteiger partial charge in [-0.05, 0) is 30.9 Å². The van der Waals surface area contributed by atoms with E-state index in [-0.39, 0.29) is 28.5 Å². The molecule has 3 saturated carbocycles. The van der Waals surface area contributed by atoms with E-state index < -0.39 is 0 Å². The minimum atomic E-state index is -0.375. The number of carbonyl (C=O) groups is 1. The third kappa shape index (κ3) is 2.79. The molecule has 148 valence electrons. The Kier molecular flexibility index (Phi) is 4.00. The van der Waals surface area contributed by atoms with E-state index in [0.29, 0.717) is 24.5 Å². The molecule has 9 heteroatoms. The van der Waals surface area contributed by atoms with Gasteiger partial charge in [0, 0.05) is 30.4 Å². The van der Waals surface area contributed by atoms with Crippen LogP contribution in [0.4, 0.5) is 0 Å². The second-order valence-electron chi connectivity index (χ2n) is 8.27. The number of carbonyl (C=O) groups excluding carboxylic acids is 1. The van der Waals surface area contributed by atoms with Crippen LogP contribution in [0.2, 0.25) is 0 Å². The van der Waals surface area contributed by atoms with E-state index in [0.717, 1.165) is 24.8 Å². The van der Waals surface area contributed by atoms with Gasteiger partial charge in [-0.15, -0.1) is 0 Å². The van der Waals surface area contributed by atoms with Crippen LogP contribution in [0, 0.1) is 33.5 Å². The zero-order valence-corrected chi connectivity index (χ0v) is 16.0. The van der Waals surface area contributed by atoms with E-state index in [1.165, 1.54) is 18.6 Å². The molecule has 0 radical (unpaired) electrons. The normalized spacial score (nSPS) is 28.1. The van der Waals surface area contributed by atoms with Crippen molar-refractivity contribution < 1.29 is 9.53 Å². The molecular weight excluding hydrogens is 382 g/mol. The predicted molar refractivity (Wildman–Crippen MR) is 103 cm³/mol. The molecule has 0 spiro atoms. The molecule has 3 fully saturated rings. The van der Waals surface area contributed by atoms with Gasteiger partial charge in [-0.3, -0.25) is 9.78 Å². The van der Waals surface area contributed by atoms with Gasteiger partial charge in [-0.1, -0.05) is 0 Å². The molecule has 2 bridgehead atoms. The van der Waals surface area contributed by atoms with Crippen molar-refractivity contribution in [3.63, 3.8) is 0 Å². The Morgan fingerprint density at radius 2 is 2.00 bits per heavy atom. The lowest BCUT2D eigenvalue weighted by Crippen LogP contribution is -2.69. The van der Waals surface area contributed by atoms with Gasteiger partial charge < -0.3 is 4.74 Å². The predicted octanol–water partition coefficient (Wildman–Crippen LogP) is 2.12. The number of nitriles is 2. The fourth-order valence-corrected chi connectivity index (χ4v) is 4.88. The summed E-state index contributed by atoms with van der Waals surface area (Å²) in [6.45, 7) is 0.476. The summed E-state index contributed by atoms with van der Waals surface area (Å²) in [5, 5.41) is 23.8. The maximum absolute atomic E-state index is 13.2. The molecule has 1 atom stereocenters. The van der Waals surface area contributed by atoms with Crippen molar-refractivity contribution in [2.24, 2.45) is 15.9 Å². The van der Waals surface area contributed by atoms with Crippen molar-refractivity contribution in [3.8, 4) is 18.0 Å². The van der Waals surface area contributed by atoms with Crippen LogP contribution in [0.15, 0.2) is 36.0 Å². The smallest absolute Gasteiger partial charge is 0.249 e. The van der Waals surface area contributed by atoms with Gasteiger partial charge in [0.25, 0.3) is 0 Å². The molecule has 4 aliphatic rings. The standard InChI is InChI=1S/C21H17N7O2/c22-4-14-3-15(7-24-6-14)17-1-2-27-28(17)19(29)21-10-20(11-21,12-21)13-30-18-9-25-16(5-23)8-26-18/h2-3,6-9,17H,1,10-13H2. The van der Waals surface area contributed by atoms with Crippen LogP contribution in [0.1, 0.15) is 48.5 Å². The number of hydrogen-bond donors (Lipinski definition) is 0. The Morgan fingerprint density at radius 1 is 1.17 bits per heavy atom. The Morgan fingerprint density at radius 3 is 2.70 bits per heavy atom. The van der Waals surface area contributed by atoms with Crippen LogP contribution in [0.3, 0.4) is 0 Å². The zero-order valence-electron chi connectivity index (χ0n) is 16.0. The Hall–Kier alpha value is -3.85. The average Bonchev–Trinajstić information content (AvgIpc) is 3.22. The lowest BCUT2D eigenvalue weighted by atomic mass is 9.35. The van der Waals surface area contributed by atoms with E-state index in [1.807, 2.05) is 6.07 Å². The van der Waals surface area contributed by atoms with Crippen LogP contribution in [-0.4, -0.2) is 38.7 Å². The van der Waals surface area contributed by atoms with E-state index in [4.69, 9.17) is 15.3 Å². The topological polar surface area (TPSA) is 128 Å². The monoisotopic (exact) mass is 399 g/mol. The first kappa shape index (κ1) is 18.2. The lowest BCUT2D eigenvalue weighted by Gasteiger charge is -2.69. The second kappa shape index (κ2) is 6.60. The van der Waals surface area contributed by atoms with Crippen molar-refractivity contribution in [2.75, 3.05) is 6.61 Å². The third-order valence-corrected chi connectivity index (χ3v) is 6.17. The van der Waals surface area contributed by atoms with Crippen LogP contribution in [0.5, 0.6) is 5.88 Å². The van der Waals surface area contributed by atoms with Gasteiger partial charge in [0.2, 0.25) is 11.8 Å². The highest BCUT2D eigenvalue weighted by atomic mass is 16.5. The first-order valence-corrected chi connectivity index (χ1v) is 9.63. The Balaban J connectivity index is 1.21. The first-order chi connectivity index (χ1) is 14.6. The SMILES string of the molecule is N#Cc1cncc(C2CC=NN2C(=O)C23CC(COc4cnc(C#N)cn4)(C2)C3)c1. The molecule has 1 aliphatic heterocycles. The highest BCUT2D eigenvalue weighted by Crippen LogP contribution is 2.74. The minimum Gasteiger partial charge on any atom is -0.476 e. The molecule has 0 saturated heterocycles. The molecule has 6 rings (SSSR count). The minimum absolute atomic E-state index is 0.00748. The maximum Gasteiger partial charge on any atom is 0.249 e. The Bertz CT molecular complexity index is 1110. The molecule has 1 unspecified atom stereocenters. The summed E-state index contributed by atoms with van der Waals surface area (Å²) >= 11 is 0. The van der Waals surface area contributed by atoms with E-state index >= 15 is 0 Å². The van der Waals surface area contributed by atoms with Gasteiger partial charge >= 0.3 is 0 Å². The summed E-state index contributed by atoms with van der Waals surface area (Å²) in [4.78, 5) is 25.4. The highest BCUT2D eigenvalue weighted by molar-refractivity contribution is 5.88. The molecule has 9 nitrogen and oxygen atoms in total. The average molecular weight is 399 g/mol. The maximum atomic E-state index is 13.2.